The van der Waals surface area contributed by atoms with E-state index >= 15 is 0 Å². The maximum Gasteiger partial charge on any atom is 0.161 e. The molecule has 0 nitrogen and oxygen atoms in total. The van der Waals surface area contributed by atoms with E-state index in [1.807, 2.05) is 6.92 Å². The monoisotopic (exact) mass is 282 g/mol. The summed E-state index contributed by atoms with van der Waals surface area (Å²) in [6, 6.07) is 0. The van der Waals surface area contributed by atoms with Gasteiger partial charge in [0.05, 0.1) is 0 Å². The van der Waals surface area contributed by atoms with Gasteiger partial charge in [-0.1, -0.05) is 52.7 Å². The van der Waals surface area contributed by atoms with Crippen molar-refractivity contribution in [3.05, 3.63) is 36.0 Å². The van der Waals surface area contributed by atoms with E-state index in [4.69, 9.17) is 0 Å². The van der Waals surface area contributed by atoms with Gasteiger partial charge in [-0.2, -0.15) is 0 Å². The molecule has 0 spiro atoms. The molecular weight excluding hydrogens is 254 g/mol. The molecule has 2 unspecified atom stereocenters. The fraction of sp³-hybridized carbons (Fsp3) is 0.667. The van der Waals surface area contributed by atoms with Crippen molar-refractivity contribution in [2.75, 3.05) is 0 Å². The van der Waals surface area contributed by atoms with Crippen molar-refractivity contribution < 1.29 is 8.78 Å². The smallest absolute Gasteiger partial charge is 0.161 e. The summed E-state index contributed by atoms with van der Waals surface area (Å²) < 4.78 is 27.4. The summed E-state index contributed by atoms with van der Waals surface area (Å²) in [6.45, 7) is 12.8. The molecule has 1 aliphatic rings. The first-order valence-electron chi connectivity index (χ1n) is 7.74. The molecular formula is C18H28F2. The second kappa shape index (κ2) is 7.75. The molecule has 114 valence electrons. The van der Waals surface area contributed by atoms with E-state index in [-0.39, 0.29) is 17.1 Å². The summed E-state index contributed by atoms with van der Waals surface area (Å²) >= 11 is 0. The standard InChI is InChI=1S/C18H28F2/c1-12(2)17(19)18(20)15(5)13(3)10-11-14(4)16-8-6-7-9-16/h13-14,16H,1,5-11H2,2-4H3/b18-17-. The SMILES string of the molecule is C=C(C)/C(F)=C(/F)C(=C)C(C)CCC(C)C1CCCC1. The Balaban J connectivity index is 2.49. The van der Waals surface area contributed by atoms with Gasteiger partial charge in [0.25, 0.3) is 0 Å². The van der Waals surface area contributed by atoms with Gasteiger partial charge in [0.15, 0.2) is 11.7 Å². The lowest BCUT2D eigenvalue weighted by Gasteiger charge is -2.21. The summed E-state index contributed by atoms with van der Waals surface area (Å²) in [6.07, 6.45) is 7.28. The van der Waals surface area contributed by atoms with Gasteiger partial charge in [-0.25, -0.2) is 8.78 Å². The molecule has 1 rings (SSSR count). The molecule has 0 radical (unpaired) electrons. The van der Waals surface area contributed by atoms with Crippen LogP contribution in [-0.4, -0.2) is 0 Å². The van der Waals surface area contributed by atoms with Crippen LogP contribution in [0.25, 0.3) is 0 Å². The zero-order valence-corrected chi connectivity index (χ0v) is 13.1. The lowest BCUT2D eigenvalue weighted by atomic mass is 9.85. The minimum atomic E-state index is -0.856. The number of hydrogen-bond donors (Lipinski definition) is 0. The summed E-state index contributed by atoms with van der Waals surface area (Å²) in [7, 11) is 0. The molecule has 1 aliphatic carbocycles. The predicted octanol–water partition coefficient (Wildman–Crippen LogP) is 6.51. The van der Waals surface area contributed by atoms with Gasteiger partial charge in [-0.05, 0) is 48.7 Å². The van der Waals surface area contributed by atoms with Gasteiger partial charge in [0, 0.05) is 0 Å². The first-order valence-corrected chi connectivity index (χ1v) is 7.74. The van der Waals surface area contributed by atoms with Crippen molar-refractivity contribution >= 4 is 0 Å². The Bertz CT molecular complexity index is 386. The Morgan fingerprint density at radius 2 is 1.60 bits per heavy atom. The van der Waals surface area contributed by atoms with E-state index in [9.17, 15) is 8.78 Å². The zero-order valence-electron chi connectivity index (χ0n) is 13.1. The van der Waals surface area contributed by atoms with E-state index in [0.717, 1.165) is 18.8 Å². The largest absolute Gasteiger partial charge is 0.203 e. The molecule has 0 N–H and O–H groups in total. The van der Waals surface area contributed by atoms with Crippen LogP contribution in [0.3, 0.4) is 0 Å². The highest BCUT2D eigenvalue weighted by molar-refractivity contribution is 5.34. The summed E-state index contributed by atoms with van der Waals surface area (Å²) in [5, 5.41) is 0. The van der Waals surface area contributed by atoms with E-state index in [1.54, 1.807) is 0 Å². The van der Waals surface area contributed by atoms with Gasteiger partial charge in [0.1, 0.15) is 0 Å². The second-order valence-corrected chi connectivity index (χ2v) is 6.43. The van der Waals surface area contributed by atoms with Crippen LogP contribution in [0, 0.1) is 17.8 Å². The Kier molecular flexibility index (Phi) is 6.64. The molecule has 2 atom stereocenters. The maximum atomic E-state index is 13.9. The van der Waals surface area contributed by atoms with Crippen molar-refractivity contribution in [1.82, 2.24) is 0 Å². The minimum absolute atomic E-state index is 0.0241. The Morgan fingerprint density at radius 3 is 2.10 bits per heavy atom. The van der Waals surface area contributed by atoms with Crippen LogP contribution >= 0.6 is 0 Å². The van der Waals surface area contributed by atoms with Gasteiger partial charge in [0.2, 0.25) is 0 Å². The molecule has 0 aromatic rings. The predicted molar refractivity (Wildman–Crippen MR) is 82.7 cm³/mol. The van der Waals surface area contributed by atoms with Gasteiger partial charge >= 0.3 is 0 Å². The molecule has 0 saturated heterocycles. The lowest BCUT2D eigenvalue weighted by molar-refractivity contribution is 0.324. The fourth-order valence-corrected chi connectivity index (χ4v) is 2.99. The fourth-order valence-electron chi connectivity index (χ4n) is 2.99. The van der Waals surface area contributed by atoms with Gasteiger partial charge < -0.3 is 0 Å². The zero-order chi connectivity index (χ0) is 15.3. The van der Waals surface area contributed by atoms with Crippen LogP contribution in [0.4, 0.5) is 8.78 Å². The average Bonchev–Trinajstić information content (AvgIpc) is 2.95. The number of allylic oxidation sites excluding steroid dienone is 4. The number of hydrogen-bond acceptors (Lipinski definition) is 0. The third-order valence-electron chi connectivity index (χ3n) is 4.70. The Hall–Kier alpha value is -0.920. The first kappa shape index (κ1) is 17.1. The molecule has 20 heavy (non-hydrogen) atoms. The van der Waals surface area contributed by atoms with Crippen LogP contribution in [0.1, 0.15) is 59.3 Å². The van der Waals surface area contributed by atoms with Crippen LogP contribution in [0.5, 0.6) is 0 Å². The van der Waals surface area contributed by atoms with E-state index in [0.29, 0.717) is 5.92 Å². The molecule has 0 aliphatic heterocycles. The van der Waals surface area contributed by atoms with Crippen molar-refractivity contribution in [3.8, 4) is 0 Å². The maximum absolute atomic E-state index is 13.9. The van der Waals surface area contributed by atoms with Crippen molar-refractivity contribution in [2.45, 2.75) is 59.3 Å². The second-order valence-electron chi connectivity index (χ2n) is 6.43. The molecule has 0 aromatic heterocycles. The molecule has 0 amide bonds. The Morgan fingerprint density at radius 1 is 1.05 bits per heavy atom. The molecule has 1 fully saturated rings. The third kappa shape index (κ3) is 4.57. The lowest BCUT2D eigenvalue weighted by Crippen LogP contribution is -2.10. The van der Waals surface area contributed by atoms with Gasteiger partial charge in [-0.3, -0.25) is 0 Å². The number of halogens is 2. The summed E-state index contributed by atoms with van der Waals surface area (Å²) in [5.74, 6) is -0.207. The van der Waals surface area contributed by atoms with E-state index in [2.05, 4.69) is 20.1 Å². The molecule has 0 aromatic carbocycles. The number of rotatable bonds is 7. The normalized spacial score (nSPS) is 20.4. The van der Waals surface area contributed by atoms with Gasteiger partial charge in [-0.15, -0.1) is 0 Å². The molecule has 0 bridgehead atoms. The van der Waals surface area contributed by atoms with Crippen LogP contribution in [-0.2, 0) is 0 Å². The third-order valence-corrected chi connectivity index (χ3v) is 4.70. The summed E-state index contributed by atoms with van der Waals surface area (Å²) in [5.41, 5.74) is 0.388. The van der Waals surface area contributed by atoms with Crippen LogP contribution < -0.4 is 0 Å². The molecule has 2 heteroatoms. The topological polar surface area (TPSA) is 0 Å². The average molecular weight is 282 g/mol. The van der Waals surface area contributed by atoms with E-state index in [1.165, 1.54) is 32.6 Å². The van der Waals surface area contributed by atoms with E-state index < -0.39 is 11.7 Å². The van der Waals surface area contributed by atoms with Crippen molar-refractivity contribution in [1.29, 1.82) is 0 Å². The molecule has 0 heterocycles. The Labute approximate surface area is 122 Å². The minimum Gasteiger partial charge on any atom is -0.203 e. The first-order chi connectivity index (χ1) is 9.34. The van der Waals surface area contributed by atoms with Crippen molar-refractivity contribution in [2.24, 2.45) is 17.8 Å². The molecule has 1 saturated carbocycles. The van der Waals surface area contributed by atoms with Crippen LogP contribution in [0.15, 0.2) is 36.0 Å². The van der Waals surface area contributed by atoms with Crippen LogP contribution in [0.2, 0.25) is 0 Å². The van der Waals surface area contributed by atoms with Crippen molar-refractivity contribution in [3.63, 3.8) is 0 Å². The highest BCUT2D eigenvalue weighted by atomic mass is 19.2. The quantitative estimate of drug-likeness (QED) is 0.467. The highest BCUT2D eigenvalue weighted by Gasteiger charge is 2.23. The highest BCUT2D eigenvalue weighted by Crippen LogP contribution is 2.35. The summed E-state index contributed by atoms with van der Waals surface area (Å²) in [4.78, 5) is 0.